The minimum absolute atomic E-state index is 0.00568. The average Bonchev–Trinajstić information content (AvgIpc) is 2.77. The molecule has 0 spiro atoms. The number of esters is 1. The van der Waals surface area contributed by atoms with Crippen LogP contribution in [0.4, 0.5) is 5.69 Å². The highest BCUT2D eigenvalue weighted by Crippen LogP contribution is 2.20. The maximum Gasteiger partial charge on any atom is 0.307 e. The number of rotatable bonds is 7. The quantitative estimate of drug-likeness (QED) is 0.353. The van der Waals surface area contributed by atoms with Crippen LogP contribution in [0.25, 0.3) is 10.9 Å². The molecule has 0 aliphatic rings. The monoisotopic (exact) mass is 422 g/mol. The Morgan fingerprint density at radius 2 is 1.93 bits per heavy atom. The first-order valence-corrected chi connectivity index (χ1v) is 10.00. The largest absolute Gasteiger partial charge is 0.469 e. The summed E-state index contributed by atoms with van der Waals surface area (Å²) in [6, 6.07) is 15.6. The number of nitrogens with one attached hydrogen (secondary N) is 1. The molecule has 0 radical (unpaired) electrons. The number of methoxy groups -OCH3 is 1. The number of nitrogens with zero attached hydrogens (tertiary/aromatic N) is 3. The SMILES string of the molecule is COC(=O)CCn1c(SCC(=O)Nc2ccccc2C#N)nc2ccccc2c1=O. The van der Waals surface area contributed by atoms with Gasteiger partial charge in [-0.1, -0.05) is 36.0 Å². The molecule has 152 valence electrons. The molecule has 1 heterocycles. The second-order valence-corrected chi connectivity index (χ2v) is 7.13. The minimum atomic E-state index is -0.447. The Hall–Kier alpha value is -3.64. The van der Waals surface area contributed by atoms with Crippen molar-refractivity contribution < 1.29 is 14.3 Å². The number of carbonyl (C=O) groups excluding carboxylic acids is 2. The van der Waals surface area contributed by atoms with E-state index in [-0.39, 0.29) is 30.2 Å². The molecule has 2 aromatic carbocycles. The summed E-state index contributed by atoms with van der Waals surface area (Å²) < 4.78 is 6.03. The van der Waals surface area contributed by atoms with Gasteiger partial charge in [-0.05, 0) is 24.3 Å². The predicted molar refractivity (Wildman–Crippen MR) is 113 cm³/mol. The maximum atomic E-state index is 12.9. The summed E-state index contributed by atoms with van der Waals surface area (Å²) >= 11 is 1.08. The molecular formula is C21H18N4O4S. The predicted octanol–water partition coefficient (Wildman–Crippen LogP) is 2.56. The van der Waals surface area contributed by atoms with E-state index in [1.165, 1.54) is 11.7 Å². The van der Waals surface area contributed by atoms with Crippen molar-refractivity contribution in [3.63, 3.8) is 0 Å². The smallest absolute Gasteiger partial charge is 0.307 e. The van der Waals surface area contributed by atoms with Gasteiger partial charge in [0.2, 0.25) is 5.91 Å². The van der Waals surface area contributed by atoms with Crippen molar-refractivity contribution in [1.82, 2.24) is 9.55 Å². The summed E-state index contributed by atoms with van der Waals surface area (Å²) in [6.07, 6.45) is 0.00568. The molecule has 0 bridgehead atoms. The van der Waals surface area contributed by atoms with Crippen molar-refractivity contribution in [3.8, 4) is 6.07 Å². The highest BCUT2D eigenvalue weighted by atomic mass is 32.2. The van der Waals surface area contributed by atoms with Gasteiger partial charge in [0.05, 0.1) is 41.4 Å². The van der Waals surface area contributed by atoms with Crippen LogP contribution in [0, 0.1) is 11.3 Å². The highest BCUT2D eigenvalue weighted by Gasteiger charge is 2.15. The zero-order valence-electron chi connectivity index (χ0n) is 16.1. The normalized spacial score (nSPS) is 10.4. The zero-order valence-corrected chi connectivity index (χ0v) is 16.9. The molecule has 8 nitrogen and oxygen atoms in total. The van der Waals surface area contributed by atoms with Gasteiger partial charge in [-0.2, -0.15) is 5.26 Å². The first-order chi connectivity index (χ1) is 14.5. The molecule has 30 heavy (non-hydrogen) atoms. The third kappa shape index (κ3) is 4.85. The number of anilines is 1. The van der Waals surface area contributed by atoms with E-state index in [9.17, 15) is 14.4 Å². The van der Waals surface area contributed by atoms with Gasteiger partial charge >= 0.3 is 5.97 Å². The van der Waals surface area contributed by atoms with Crippen LogP contribution >= 0.6 is 11.8 Å². The van der Waals surface area contributed by atoms with E-state index in [1.54, 1.807) is 48.5 Å². The lowest BCUT2D eigenvalue weighted by atomic mass is 10.2. The number of aromatic nitrogens is 2. The van der Waals surface area contributed by atoms with Crippen molar-refractivity contribution in [2.24, 2.45) is 0 Å². The van der Waals surface area contributed by atoms with Crippen LogP contribution in [0.2, 0.25) is 0 Å². The van der Waals surface area contributed by atoms with Gasteiger partial charge in [-0.15, -0.1) is 0 Å². The summed E-state index contributed by atoms with van der Waals surface area (Å²) in [5.41, 5.74) is 0.992. The number of benzene rings is 2. The Morgan fingerprint density at radius 1 is 1.20 bits per heavy atom. The number of carbonyl (C=O) groups is 2. The van der Waals surface area contributed by atoms with Crippen LogP contribution < -0.4 is 10.9 Å². The molecule has 0 saturated heterocycles. The number of para-hydroxylation sites is 2. The summed E-state index contributed by atoms with van der Waals surface area (Å²) in [7, 11) is 1.28. The van der Waals surface area contributed by atoms with E-state index in [4.69, 9.17) is 5.26 Å². The maximum absolute atomic E-state index is 12.9. The molecule has 1 N–H and O–H groups in total. The van der Waals surface area contributed by atoms with Gasteiger partial charge in [0, 0.05) is 6.54 Å². The van der Waals surface area contributed by atoms with Crippen LogP contribution in [0.3, 0.4) is 0 Å². The summed E-state index contributed by atoms with van der Waals surface area (Å²) in [4.78, 5) is 41.3. The Balaban J connectivity index is 1.83. The molecule has 3 aromatic rings. The summed E-state index contributed by atoms with van der Waals surface area (Å²) in [5, 5.41) is 12.6. The number of ether oxygens (including phenoxy) is 1. The Morgan fingerprint density at radius 3 is 2.70 bits per heavy atom. The summed E-state index contributed by atoms with van der Waals surface area (Å²) in [6.45, 7) is 0.0879. The van der Waals surface area contributed by atoms with Crippen LogP contribution in [-0.4, -0.2) is 34.3 Å². The zero-order chi connectivity index (χ0) is 21.5. The molecular weight excluding hydrogens is 404 g/mol. The molecule has 0 atom stereocenters. The molecule has 0 aliphatic heterocycles. The first-order valence-electron chi connectivity index (χ1n) is 9.01. The van der Waals surface area contributed by atoms with Crippen LogP contribution in [0.5, 0.6) is 0 Å². The summed E-state index contributed by atoms with van der Waals surface area (Å²) in [5.74, 6) is -0.815. The fraction of sp³-hybridized carbons (Fsp3) is 0.190. The molecule has 1 aromatic heterocycles. The van der Waals surface area contributed by atoms with Crippen molar-refractivity contribution in [2.45, 2.75) is 18.1 Å². The Bertz CT molecular complexity index is 1200. The van der Waals surface area contributed by atoms with Crippen molar-refractivity contribution in [2.75, 3.05) is 18.2 Å². The van der Waals surface area contributed by atoms with E-state index in [0.29, 0.717) is 27.3 Å². The molecule has 1 amide bonds. The van der Waals surface area contributed by atoms with Gasteiger partial charge in [-0.25, -0.2) is 4.98 Å². The number of hydrogen-bond acceptors (Lipinski definition) is 7. The second kappa shape index (κ2) is 9.71. The molecule has 9 heteroatoms. The number of thioether (sulfide) groups is 1. The number of fused-ring (bicyclic) bond motifs is 1. The number of hydrogen-bond donors (Lipinski definition) is 1. The molecule has 0 unspecified atom stereocenters. The van der Waals surface area contributed by atoms with Gasteiger partial charge in [0.1, 0.15) is 6.07 Å². The van der Waals surface area contributed by atoms with Crippen molar-refractivity contribution in [1.29, 1.82) is 5.26 Å². The number of amides is 1. The second-order valence-electron chi connectivity index (χ2n) is 6.19. The lowest BCUT2D eigenvalue weighted by molar-refractivity contribution is -0.140. The minimum Gasteiger partial charge on any atom is -0.469 e. The third-order valence-corrected chi connectivity index (χ3v) is 5.22. The lowest BCUT2D eigenvalue weighted by Gasteiger charge is -2.13. The van der Waals surface area contributed by atoms with Crippen LogP contribution in [0.15, 0.2) is 58.5 Å². The third-order valence-electron chi connectivity index (χ3n) is 4.25. The van der Waals surface area contributed by atoms with Crippen LogP contribution in [-0.2, 0) is 20.9 Å². The van der Waals surface area contributed by atoms with Crippen LogP contribution in [0.1, 0.15) is 12.0 Å². The first kappa shape index (κ1) is 21.1. The molecule has 0 saturated carbocycles. The van der Waals surface area contributed by atoms with Gasteiger partial charge in [0.15, 0.2) is 5.16 Å². The average molecular weight is 422 g/mol. The fourth-order valence-electron chi connectivity index (χ4n) is 2.77. The number of nitriles is 1. The Labute approximate surface area is 176 Å². The lowest BCUT2D eigenvalue weighted by Crippen LogP contribution is -2.25. The van der Waals surface area contributed by atoms with Gasteiger partial charge in [0.25, 0.3) is 5.56 Å². The topological polar surface area (TPSA) is 114 Å². The van der Waals surface area contributed by atoms with E-state index >= 15 is 0 Å². The molecule has 3 rings (SSSR count). The fourth-order valence-corrected chi connectivity index (χ4v) is 3.59. The van der Waals surface area contributed by atoms with E-state index < -0.39 is 5.97 Å². The highest BCUT2D eigenvalue weighted by molar-refractivity contribution is 7.99. The van der Waals surface area contributed by atoms with Gasteiger partial charge in [-0.3, -0.25) is 19.0 Å². The van der Waals surface area contributed by atoms with E-state index in [2.05, 4.69) is 15.0 Å². The molecule has 0 aliphatic carbocycles. The van der Waals surface area contributed by atoms with E-state index in [1.807, 2.05) is 6.07 Å². The standard InChI is InChI=1S/C21H18N4O4S/c1-29-19(27)10-11-25-20(28)15-7-3-5-9-17(15)24-21(25)30-13-18(26)23-16-8-4-2-6-14(16)12-22/h2-9H,10-11,13H2,1H3,(H,23,26). The Kier molecular flexibility index (Phi) is 6.83. The van der Waals surface area contributed by atoms with Gasteiger partial charge < -0.3 is 10.1 Å². The van der Waals surface area contributed by atoms with Crippen molar-refractivity contribution in [3.05, 3.63) is 64.4 Å². The van der Waals surface area contributed by atoms with E-state index in [0.717, 1.165) is 11.8 Å². The van der Waals surface area contributed by atoms with Crippen molar-refractivity contribution >= 4 is 40.2 Å². The molecule has 0 fully saturated rings.